The van der Waals surface area contributed by atoms with Crippen LogP contribution in [0.5, 0.6) is 0 Å². The second-order valence-electron chi connectivity index (χ2n) is 8.85. The van der Waals surface area contributed by atoms with Gasteiger partial charge in [0.2, 0.25) is 5.91 Å². The fraction of sp³-hybridized carbons (Fsp3) is 0.400. The maximum absolute atomic E-state index is 13.7. The van der Waals surface area contributed by atoms with E-state index in [0.29, 0.717) is 18.9 Å². The Morgan fingerprint density at radius 1 is 1.07 bits per heavy atom. The number of aromatic nitrogens is 1. The van der Waals surface area contributed by atoms with Crippen LogP contribution in [0, 0.1) is 11.7 Å². The van der Waals surface area contributed by atoms with Crippen LogP contribution in [0.4, 0.5) is 4.39 Å². The monoisotopic (exact) mass is 405 g/mol. The molecule has 0 unspecified atom stereocenters. The number of fused-ring (bicyclic) bond motifs is 2. The summed E-state index contributed by atoms with van der Waals surface area (Å²) in [4.78, 5) is 17.4. The molecule has 2 aromatic carbocycles. The zero-order valence-corrected chi connectivity index (χ0v) is 17.4. The number of benzene rings is 2. The number of amides is 1. The predicted molar refractivity (Wildman–Crippen MR) is 116 cm³/mol. The third kappa shape index (κ3) is 3.63. The summed E-state index contributed by atoms with van der Waals surface area (Å²) in [5, 5.41) is 1.31. The Morgan fingerprint density at radius 3 is 2.80 bits per heavy atom. The molecule has 2 aliphatic rings. The predicted octanol–water partition coefficient (Wildman–Crippen LogP) is 4.33. The number of carbonyl (C=O) groups excluding carboxylic acids is 1. The van der Waals surface area contributed by atoms with E-state index in [1.807, 2.05) is 11.0 Å². The van der Waals surface area contributed by atoms with E-state index in [1.165, 1.54) is 22.5 Å². The van der Waals surface area contributed by atoms with E-state index in [1.54, 1.807) is 12.1 Å². The summed E-state index contributed by atoms with van der Waals surface area (Å²) in [6.45, 7) is 3.30. The Balaban J connectivity index is 1.37. The molecule has 0 saturated carbocycles. The highest BCUT2D eigenvalue weighted by atomic mass is 19.1. The smallest absolute Gasteiger partial charge is 0.223 e. The largest absolute Gasteiger partial charge is 0.350 e. The third-order valence-corrected chi connectivity index (χ3v) is 6.78. The van der Waals surface area contributed by atoms with Gasteiger partial charge in [-0.3, -0.25) is 9.69 Å². The molecular weight excluding hydrogens is 377 g/mol. The third-order valence-electron chi connectivity index (χ3n) is 6.78. The first kappa shape index (κ1) is 19.3. The molecule has 5 rings (SSSR count). The second kappa shape index (κ2) is 7.88. The molecule has 0 bridgehead atoms. The normalized spacial score (nSPS) is 22.5. The highest BCUT2D eigenvalue weighted by Gasteiger charge is 2.40. The van der Waals surface area contributed by atoms with Gasteiger partial charge in [-0.25, -0.2) is 4.39 Å². The van der Waals surface area contributed by atoms with Gasteiger partial charge >= 0.3 is 0 Å². The fourth-order valence-corrected chi connectivity index (χ4v) is 5.38. The van der Waals surface area contributed by atoms with E-state index < -0.39 is 0 Å². The fourth-order valence-electron chi connectivity index (χ4n) is 5.38. The molecule has 0 radical (unpaired) electrons. The van der Waals surface area contributed by atoms with Crippen molar-refractivity contribution in [1.82, 2.24) is 14.4 Å². The lowest BCUT2D eigenvalue weighted by molar-refractivity contribution is -0.133. The Hall–Kier alpha value is -2.66. The van der Waals surface area contributed by atoms with Crippen LogP contribution in [0.25, 0.3) is 10.9 Å². The van der Waals surface area contributed by atoms with Crippen LogP contribution < -0.4 is 0 Å². The molecule has 3 heterocycles. The number of rotatable bonds is 4. The minimum Gasteiger partial charge on any atom is -0.350 e. The van der Waals surface area contributed by atoms with Crippen LogP contribution in [0.2, 0.25) is 0 Å². The molecule has 2 atom stereocenters. The van der Waals surface area contributed by atoms with Crippen molar-refractivity contribution in [2.24, 2.45) is 13.0 Å². The zero-order valence-electron chi connectivity index (χ0n) is 17.4. The number of para-hydroxylation sites is 1. The van der Waals surface area contributed by atoms with Crippen molar-refractivity contribution in [2.75, 3.05) is 13.1 Å². The van der Waals surface area contributed by atoms with E-state index >= 15 is 0 Å². The molecule has 1 aromatic heterocycles. The van der Waals surface area contributed by atoms with Crippen LogP contribution in [-0.2, 0) is 24.9 Å². The number of nitrogens with zero attached hydrogens (tertiary/aromatic N) is 3. The summed E-state index contributed by atoms with van der Waals surface area (Å²) in [5.74, 6) is 0.453. The number of likely N-dealkylation sites (tertiary alicyclic amines) is 2. The summed E-state index contributed by atoms with van der Waals surface area (Å²) >= 11 is 0. The Bertz CT molecular complexity index is 1080. The summed E-state index contributed by atoms with van der Waals surface area (Å²) in [6.07, 6.45) is 4.87. The van der Waals surface area contributed by atoms with Gasteiger partial charge in [0.1, 0.15) is 5.82 Å². The summed E-state index contributed by atoms with van der Waals surface area (Å²) in [5.41, 5.74) is 3.47. The first-order chi connectivity index (χ1) is 14.6. The standard InChI is InChI=1S/C25H28FN3O/c1-27-14-20(22-9-2-3-10-23(22)27)16-28-15-19-7-5-11-25(30)29(24(19)17-28)13-18-6-4-8-21(26)12-18/h2-4,6,8-10,12,14,19,24H,5,7,11,13,15-17H2,1H3/t19-,24+/m1/s1. The first-order valence-electron chi connectivity index (χ1n) is 10.9. The van der Waals surface area contributed by atoms with Crippen molar-refractivity contribution in [3.8, 4) is 0 Å². The van der Waals surface area contributed by atoms with Crippen LogP contribution in [0.15, 0.2) is 54.7 Å². The van der Waals surface area contributed by atoms with Crippen LogP contribution >= 0.6 is 0 Å². The van der Waals surface area contributed by atoms with Crippen molar-refractivity contribution in [3.63, 3.8) is 0 Å². The van der Waals surface area contributed by atoms with Crippen LogP contribution in [-0.4, -0.2) is 39.4 Å². The maximum atomic E-state index is 13.7. The summed E-state index contributed by atoms with van der Waals surface area (Å²) < 4.78 is 15.9. The van der Waals surface area contributed by atoms with Crippen molar-refractivity contribution in [1.29, 1.82) is 0 Å². The number of halogens is 1. The highest BCUT2D eigenvalue weighted by molar-refractivity contribution is 5.83. The molecule has 2 aliphatic heterocycles. The Labute approximate surface area is 176 Å². The molecule has 1 amide bonds. The molecule has 0 aliphatic carbocycles. The van der Waals surface area contributed by atoms with Crippen LogP contribution in [0.3, 0.4) is 0 Å². The molecule has 0 N–H and O–H groups in total. The number of aryl methyl sites for hydroxylation is 1. The Morgan fingerprint density at radius 2 is 1.93 bits per heavy atom. The summed E-state index contributed by atoms with van der Waals surface area (Å²) in [7, 11) is 2.10. The number of carbonyl (C=O) groups is 1. The van der Waals surface area contributed by atoms with Gasteiger partial charge in [-0.15, -0.1) is 0 Å². The molecule has 30 heavy (non-hydrogen) atoms. The van der Waals surface area contributed by atoms with Crippen molar-refractivity contribution >= 4 is 16.8 Å². The lowest BCUT2D eigenvalue weighted by Crippen LogP contribution is -2.42. The van der Waals surface area contributed by atoms with Gasteiger partial charge in [0, 0.05) is 62.8 Å². The number of hydrogen-bond acceptors (Lipinski definition) is 2. The zero-order chi connectivity index (χ0) is 20.7. The lowest BCUT2D eigenvalue weighted by Gasteiger charge is -2.30. The average molecular weight is 406 g/mol. The minimum atomic E-state index is -0.240. The van der Waals surface area contributed by atoms with Gasteiger partial charge in [-0.05, 0) is 48.1 Å². The molecule has 5 heteroatoms. The molecule has 2 fully saturated rings. The van der Waals surface area contributed by atoms with Crippen molar-refractivity contribution in [3.05, 3.63) is 71.7 Å². The topological polar surface area (TPSA) is 28.5 Å². The van der Waals surface area contributed by atoms with Gasteiger partial charge in [-0.1, -0.05) is 30.3 Å². The first-order valence-corrected chi connectivity index (χ1v) is 10.9. The van der Waals surface area contributed by atoms with E-state index in [-0.39, 0.29) is 17.8 Å². The van der Waals surface area contributed by atoms with Gasteiger partial charge < -0.3 is 9.47 Å². The van der Waals surface area contributed by atoms with Gasteiger partial charge in [0.05, 0.1) is 0 Å². The van der Waals surface area contributed by atoms with Crippen molar-refractivity contribution in [2.45, 2.75) is 38.4 Å². The molecule has 4 nitrogen and oxygen atoms in total. The number of hydrogen-bond donors (Lipinski definition) is 0. The molecule has 2 saturated heterocycles. The van der Waals surface area contributed by atoms with Gasteiger partial charge in [0.15, 0.2) is 0 Å². The SMILES string of the molecule is Cn1cc(CN2C[C@H]3CCCC(=O)N(Cc4cccc(F)c4)[C@H]3C2)c2ccccc21. The van der Waals surface area contributed by atoms with E-state index in [2.05, 4.69) is 47.0 Å². The summed E-state index contributed by atoms with van der Waals surface area (Å²) in [6, 6.07) is 15.4. The average Bonchev–Trinajstić information content (AvgIpc) is 3.23. The van der Waals surface area contributed by atoms with E-state index in [0.717, 1.165) is 38.0 Å². The quantitative estimate of drug-likeness (QED) is 0.646. The van der Waals surface area contributed by atoms with Gasteiger partial charge in [0.25, 0.3) is 0 Å². The molecule has 3 aromatic rings. The minimum absolute atomic E-state index is 0.207. The highest BCUT2D eigenvalue weighted by Crippen LogP contribution is 2.33. The van der Waals surface area contributed by atoms with E-state index in [9.17, 15) is 9.18 Å². The second-order valence-corrected chi connectivity index (χ2v) is 8.85. The Kier molecular flexibility index (Phi) is 5.07. The molecular formula is C25H28FN3O. The molecule has 156 valence electrons. The van der Waals surface area contributed by atoms with Gasteiger partial charge in [-0.2, -0.15) is 0 Å². The lowest BCUT2D eigenvalue weighted by atomic mass is 9.98. The van der Waals surface area contributed by atoms with E-state index in [4.69, 9.17) is 0 Å². The maximum Gasteiger partial charge on any atom is 0.223 e. The van der Waals surface area contributed by atoms with Crippen molar-refractivity contribution < 1.29 is 9.18 Å². The molecule has 0 spiro atoms. The van der Waals surface area contributed by atoms with Crippen LogP contribution in [0.1, 0.15) is 30.4 Å².